The Balaban J connectivity index is 0.000000132. The number of fused-ring (bicyclic) bond motifs is 9. The third kappa shape index (κ3) is 15.2. The number of hydrogen-bond acceptors (Lipinski definition) is 15. The van der Waals surface area contributed by atoms with Crippen molar-refractivity contribution >= 4 is 15.9 Å². The Hall–Kier alpha value is -4.29. The first-order valence-electron chi connectivity index (χ1n) is 37.8. The molecule has 3 aromatic rings. The molecule has 3 aromatic heterocycles. The van der Waals surface area contributed by atoms with Crippen molar-refractivity contribution in [3.63, 3.8) is 0 Å². The van der Waals surface area contributed by atoms with E-state index in [2.05, 4.69) is 92.2 Å². The highest BCUT2D eigenvalue weighted by Crippen LogP contribution is 2.67. The molecule has 0 spiro atoms. The van der Waals surface area contributed by atoms with Crippen LogP contribution >= 0.6 is 15.9 Å². The zero-order chi connectivity index (χ0) is 68.3. The highest BCUT2D eigenvalue weighted by molar-refractivity contribution is 9.09. The molecule has 3 saturated heterocycles. The number of nitrogens with zero attached hydrogens (tertiary/aromatic N) is 3. The summed E-state index contributed by atoms with van der Waals surface area (Å²) in [7, 11) is 0. The van der Waals surface area contributed by atoms with Gasteiger partial charge in [0.2, 0.25) is 0 Å². The Bertz CT molecular complexity index is 3000. The van der Waals surface area contributed by atoms with Crippen LogP contribution < -0.4 is 9.47 Å². The van der Waals surface area contributed by atoms with Crippen LogP contribution in [0.1, 0.15) is 215 Å². The Morgan fingerprint density at radius 1 is 0.412 bits per heavy atom. The second-order valence-corrected chi connectivity index (χ2v) is 34.3. The van der Waals surface area contributed by atoms with Crippen LogP contribution in [0, 0.1) is 85.8 Å². The summed E-state index contributed by atoms with van der Waals surface area (Å²) in [5.74, 6) is 6.63. The lowest BCUT2D eigenvalue weighted by atomic mass is 9.46. The Morgan fingerprint density at radius 2 is 0.711 bits per heavy atom. The van der Waals surface area contributed by atoms with E-state index in [-0.39, 0.29) is 68.9 Å². The maximum atomic E-state index is 9.64. The number of allylic oxidation sites excluding steroid dienone is 3. The third-order valence-electron chi connectivity index (χ3n) is 27.7. The lowest BCUT2D eigenvalue weighted by Gasteiger charge is -2.63. The average molecular weight is 1410 g/mol. The van der Waals surface area contributed by atoms with E-state index in [0.717, 1.165) is 63.7 Å². The van der Waals surface area contributed by atoms with Gasteiger partial charge in [0.05, 0.1) is 88.5 Å². The summed E-state index contributed by atoms with van der Waals surface area (Å²) in [6, 6.07) is 4.46. The van der Waals surface area contributed by atoms with Crippen molar-refractivity contribution in [2.75, 3.05) is 38.4 Å². The van der Waals surface area contributed by atoms with E-state index < -0.39 is 0 Å². The van der Waals surface area contributed by atoms with Crippen LogP contribution in [0.3, 0.4) is 0 Å². The summed E-state index contributed by atoms with van der Waals surface area (Å²) in [5, 5.41) is 37.5. The van der Waals surface area contributed by atoms with Crippen LogP contribution in [0.15, 0.2) is 91.8 Å². The van der Waals surface area contributed by atoms with Gasteiger partial charge in [-0.15, -0.1) is 0 Å². The Kier molecular flexibility index (Phi) is 23.0. The number of pyridine rings is 3. The predicted molar refractivity (Wildman–Crippen MR) is 380 cm³/mol. The number of ether oxygens (including phenoxy) is 8. The molecule has 0 bridgehead atoms. The largest absolute Gasteiger partial charge is 0.506 e. The van der Waals surface area contributed by atoms with Crippen LogP contribution in [0.25, 0.3) is 0 Å². The van der Waals surface area contributed by atoms with Gasteiger partial charge in [-0.25, -0.2) is 0 Å². The molecule has 12 fully saturated rings. The average Bonchev–Trinajstić information content (AvgIpc) is 0.756. The third-order valence-corrected chi connectivity index (χ3v) is 28.2. The van der Waals surface area contributed by atoms with Crippen molar-refractivity contribution in [3.05, 3.63) is 91.8 Å². The monoisotopic (exact) mass is 1400 g/mol. The molecule has 12 aliphatic rings. The summed E-state index contributed by atoms with van der Waals surface area (Å²) < 4.78 is 51.2. The molecule has 15 rings (SSSR count). The standard InChI is InChI=1S/2C27H39NO4.C22H35BrO2.C5H5NO2/c2*1-18-8-9-23-26(2,22(18)11-13-30-21-14-20(29)15-28-16-21)12-10-24-27(23,3)17-31-25(32-24)19-6-4-5-7-19;1-15-8-9-18-21(2,17(15)11-13-23)12-10-19-22(18,3)14-24-20(25-19)16-6-4-5-7-16;7-4-1-5(8)3-6-2-4/h2*14-16,19,22-25,29H,1,4-13,17H2,2-3H3;16-20H,1,4-14H2,2-3H3;1-3,7-8H/t2*22-,23?,24-,25-,26+,27+;17-,18?,19-,20-,21+,22+;/m111./s1. The molecule has 6 heterocycles. The van der Waals surface area contributed by atoms with Gasteiger partial charge in [-0.1, -0.05) is 132 Å². The second kappa shape index (κ2) is 30.7. The van der Waals surface area contributed by atoms with Gasteiger partial charge in [-0.05, 0) is 187 Å². The summed E-state index contributed by atoms with van der Waals surface area (Å²) in [6.07, 6.45) is 42.5. The smallest absolute Gasteiger partial charge is 0.160 e. The molecule has 18 atom stereocenters. The van der Waals surface area contributed by atoms with Crippen molar-refractivity contribution in [2.45, 2.75) is 252 Å². The topological polar surface area (TPSA) is 193 Å². The maximum absolute atomic E-state index is 9.64. The second-order valence-electron chi connectivity index (χ2n) is 33.5. The number of aromatic nitrogens is 3. The van der Waals surface area contributed by atoms with Gasteiger partial charge in [0, 0.05) is 57.5 Å². The molecule has 3 unspecified atom stereocenters. The van der Waals surface area contributed by atoms with Gasteiger partial charge in [-0.2, -0.15) is 0 Å². The van der Waals surface area contributed by atoms with Gasteiger partial charge in [0.15, 0.2) is 18.9 Å². The summed E-state index contributed by atoms with van der Waals surface area (Å²) in [6.45, 7) is 32.0. The highest BCUT2D eigenvalue weighted by atomic mass is 79.9. The zero-order valence-electron chi connectivity index (χ0n) is 59.6. The van der Waals surface area contributed by atoms with Gasteiger partial charge >= 0.3 is 0 Å². The molecular formula is C81H118BrN3O12. The molecule has 0 radical (unpaired) electrons. The SMILES string of the molecule is C=C1CCC2[C@]3(C)CO[C@@H](C4CCCC4)O[C@@H]3CC[C@@]2(C)[C@@H]1CCBr.C=C1CCC2[C@]3(C)CO[C@@H](C4CCCC4)O[C@@H]3CC[C@@]2(C)[C@@H]1CCOc1cncc(O)c1.C=C1CCC2[C@]3(C)CO[C@@H](C4CCCC4)O[C@@H]3CC[C@@]2(C)[C@@H]1CCOc1cncc(O)c1.Oc1cncc(O)c1. The van der Waals surface area contributed by atoms with E-state index >= 15 is 0 Å². The molecule has 0 aromatic carbocycles. The lowest BCUT2D eigenvalue weighted by molar-refractivity contribution is -0.316. The van der Waals surface area contributed by atoms with Gasteiger partial charge in [0.25, 0.3) is 0 Å². The summed E-state index contributed by atoms with van der Waals surface area (Å²) in [4.78, 5) is 11.5. The van der Waals surface area contributed by atoms with Crippen molar-refractivity contribution in [1.29, 1.82) is 0 Å². The molecule has 0 amide bonds. The fourth-order valence-electron chi connectivity index (χ4n) is 22.7. The lowest BCUT2D eigenvalue weighted by Crippen LogP contribution is -2.62. The van der Waals surface area contributed by atoms with E-state index in [9.17, 15) is 10.2 Å². The van der Waals surface area contributed by atoms with E-state index in [0.29, 0.717) is 102 Å². The van der Waals surface area contributed by atoms with E-state index in [4.69, 9.17) is 48.1 Å². The summed E-state index contributed by atoms with van der Waals surface area (Å²) in [5.41, 5.74) is 5.27. The molecule has 3 aliphatic heterocycles. The quantitative estimate of drug-likeness (QED) is 0.0932. The molecule has 536 valence electrons. The minimum absolute atomic E-state index is 0.0126. The number of hydrogen-bond donors (Lipinski definition) is 4. The first-order valence-corrected chi connectivity index (χ1v) is 39.0. The van der Waals surface area contributed by atoms with Crippen molar-refractivity contribution in [1.82, 2.24) is 15.0 Å². The van der Waals surface area contributed by atoms with Crippen molar-refractivity contribution < 1.29 is 58.3 Å². The predicted octanol–water partition coefficient (Wildman–Crippen LogP) is 18.3. The van der Waals surface area contributed by atoms with E-state index in [1.54, 1.807) is 24.5 Å². The number of alkyl halides is 1. The first kappa shape index (κ1) is 72.5. The minimum atomic E-state index is -0.0231. The number of halogens is 1. The van der Waals surface area contributed by atoms with E-state index in [1.807, 2.05) is 0 Å². The van der Waals surface area contributed by atoms with Gasteiger partial charge in [0.1, 0.15) is 34.5 Å². The first-order chi connectivity index (χ1) is 46.6. The normalized spacial score (nSPS) is 39.6. The molecule has 16 heteroatoms. The van der Waals surface area contributed by atoms with Crippen molar-refractivity contribution in [2.24, 2.45) is 85.8 Å². The zero-order valence-corrected chi connectivity index (χ0v) is 61.2. The fourth-order valence-corrected chi connectivity index (χ4v) is 23.1. The Morgan fingerprint density at radius 3 is 1.00 bits per heavy atom. The van der Waals surface area contributed by atoms with Crippen LogP contribution in [0.2, 0.25) is 0 Å². The molecular weight excluding hydrogens is 1290 g/mol. The fraction of sp³-hybridized carbons (Fsp3) is 0.741. The van der Waals surface area contributed by atoms with Crippen LogP contribution in [0.4, 0.5) is 0 Å². The van der Waals surface area contributed by atoms with Crippen LogP contribution in [-0.2, 0) is 28.4 Å². The highest BCUT2D eigenvalue weighted by Gasteiger charge is 2.64. The molecule has 15 nitrogen and oxygen atoms in total. The van der Waals surface area contributed by atoms with Crippen LogP contribution in [0.5, 0.6) is 34.5 Å². The van der Waals surface area contributed by atoms with Gasteiger partial charge in [-0.3, -0.25) is 15.0 Å². The van der Waals surface area contributed by atoms with Crippen LogP contribution in [-0.4, -0.2) is 111 Å². The number of aromatic hydroxyl groups is 4. The minimum Gasteiger partial charge on any atom is -0.506 e. The van der Waals surface area contributed by atoms with E-state index in [1.165, 1.54) is 182 Å². The Labute approximate surface area is 588 Å². The molecule has 9 saturated carbocycles. The maximum Gasteiger partial charge on any atom is 0.160 e. The molecule has 4 N–H and O–H groups in total. The number of rotatable bonds is 13. The van der Waals surface area contributed by atoms with Crippen molar-refractivity contribution in [3.8, 4) is 34.5 Å². The molecule has 9 aliphatic carbocycles. The summed E-state index contributed by atoms with van der Waals surface area (Å²) >= 11 is 3.69. The molecule has 97 heavy (non-hydrogen) atoms. The van der Waals surface area contributed by atoms with Gasteiger partial charge < -0.3 is 58.3 Å².